The zero-order valence-corrected chi connectivity index (χ0v) is 14.8. The van der Waals surface area contributed by atoms with Gasteiger partial charge in [0.25, 0.3) is 0 Å². The molecule has 2 nitrogen and oxygen atoms in total. The first kappa shape index (κ1) is 17.7. The summed E-state index contributed by atoms with van der Waals surface area (Å²) >= 11 is 1.86. The Labute approximate surface area is 129 Å². The third-order valence-corrected chi connectivity index (χ3v) is 4.58. The highest BCUT2D eigenvalue weighted by Crippen LogP contribution is 2.23. The lowest BCUT2D eigenvalue weighted by Crippen LogP contribution is -2.38. The molecule has 1 unspecified atom stereocenters. The maximum Gasteiger partial charge on any atom is 0.0561 e. The van der Waals surface area contributed by atoms with Gasteiger partial charge in [0.15, 0.2) is 0 Å². The molecule has 20 heavy (non-hydrogen) atoms. The van der Waals surface area contributed by atoms with Crippen molar-refractivity contribution < 1.29 is 0 Å². The van der Waals surface area contributed by atoms with Crippen molar-refractivity contribution in [2.45, 2.75) is 52.6 Å². The van der Waals surface area contributed by atoms with Crippen molar-refractivity contribution in [1.82, 2.24) is 10.2 Å². The van der Waals surface area contributed by atoms with Crippen LogP contribution in [0, 0.1) is 11.8 Å². The van der Waals surface area contributed by atoms with Crippen molar-refractivity contribution in [2.75, 3.05) is 20.6 Å². The third kappa shape index (κ3) is 6.38. The number of thiophene rings is 1. The summed E-state index contributed by atoms with van der Waals surface area (Å²) in [5.74, 6) is 1.51. The summed E-state index contributed by atoms with van der Waals surface area (Å²) in [6.07, 6.45) is 2.53. The Morgan fingerprint density at radius 1 is 1.10 bits per heavy atom. The molecule has 1 rings (SSSR count). The highest BCUT2D eigenvalue weighted by molar-refractivity contribution is 7.10. The van der Waals surface area contributed by atoms with Crippen LogP contribution in [0.2, 0.25) is 0 Å². The smallest absolute Gasteiger partial charge is 0.0561 e. The van der Waals surface area contributed by atoms with Gasteiger partial charge in [0.05, 0.1) is 6.04 Å². The Kier molecular flexibility index (Phi) is 7.78. The first-order chi connectivity index (χ1) is 9.40. The van der Waals surface area contributed by atoms with E-state index in [1.165, 1.54) is 17.7 Å². The van der Waals surface area contributed by atoms with Gasteiger partial charge in [-0.15, -0.1) is 11.3 Å². The molecule has 0 aliphatic rings. The van der Waals surface area contributed by atoms with Crippen LogP contribution in [0.3, 0.4) is 0 Å². The molecule has 0 saturated heterocycles. The minimum atomic E-state index is 0.483. The number of rotatable bonds is 9. The maximum absolute atomic E-state index is 3.82. The van der Waals surface area contributed by atoms with E-state index in [-0.39, 0.29) is 0 Å². The van der Waals surface area contributed by atoms with Gasteiger partial charge in [0.1, 0.15) is 0 Å². The molecular weight excluding hydrogens is 264 g/mol. The first-order valence-electron chi connectivity index (χ1n) is 7.83. The summed E-state index contributed by atoms with van der Waals surface area (Å²) in [4.78, 5) is 3.77. The van der Waals surface area contributed by atoms with E-state index in [0.29, 0.717) is 12.1 Å². The van der Waals surface area contributed by atoms with Gasteiger partial charge in [-0.3, -0.25) is 0 Å². The quantitative estimate of drug-likeness (QED) is 0.726. The summed E-state index contributed by atoms with van der Waals surface area (Å²) in [5.41, 5.74) is 0. The van der Waals surface area contributed by atoms with E-state index in [2.05, 4.69) is 69.5 Å². The fourth-order valence-corrected chi connectivity index (χ4v) is 3.62. The summed E-state index contributed by atoms with van der Waals surface area (Å²) < 4.78 is 0. The van der Waals surface area contributed by atoms with Crippen molar-refractivity contribution >= 4 is 11.3 Å². The third-order valence-electron chi connectivity index (χ3n) is 3.61. The van der Waals surface area contributed by atoms with Crippen LogP contribution >= 0.6 is 11.3 Å². The number of nitrogens with zero attached hydrogens (tertiary/aromatic N) is 1. The lowest BCUT2D eigenvalue weighted by Gasteiger charge is -2.28. The summed E-state index contributed by atoms with van der Waals surface area (Å²) in [5, 5.41) is 5.99. The molecule has 1 N–H and O–H groups in total. The Morgan fingerprint density at radius 2 is 1.70 bits per heavy atom. The fourth-order valence-electron chi connectivity index (χ4n) is 2.70. The van der Waals surface area contributed by atoms with Gasteiger partial charge in [-0.2, -0.15) is 0 Å². The molecule has 116 valence electrons. The molecule has 0 saturated carbocycles. The molecule has 3 heteroatoms. The molecule has 0 radical (unpaired) electrons. The van der Waals surface area contributed by atoms with Gasteiger partial charge in [0.2, 0.25) is 0 Å². The number of hydrogen-bond acceptors (Lipinski definition) is 3. The van der Waals surface area contributed by atoms with Crippen molar-refractivity contribution in [1.29, 1.82) is 0 Å². The molecule has 1 atom stereocenters. The number of nitrogens with one attached hydrogen (secondary N) is 1. The van der Waals surface area contributed by atoms with Gasteiger partial charge < -0.3 is 10.2 Å². The van der Waals surface area contributed by atoms with Crippen LogP contribution in [-0.4, -0.2) is 31.6 Å². The Balaban J connectivity index is 2.58. The van der Waals surface area contributed by atoms with E-state index in [1.807, 2.05) is 11.3 Å². The molecule has 1 aromatic rings. The van der Waals surface area contributed by atoms with E-state index >= 15 is 0 Å². The van der Waals surface area contributed by atoms with Gasteiger partial charge in [-0.05, 0) is 50.2 Å². The molecule has 0 fully saturated rings. The topological polar surface area (TPSA) is 15.3 Å². The second kappa shape index (κ2) is 8.81. The van der Waals surface area contributed by atoms with Crippen LogP contribution in [-0.2, 0) is 0 Å². The molecule has 0 amide bonds. The summed E-state index contributed by atoms with van der Waals surface area (Å²) in [6, 6.07) is 5.52. The van der Waals surface area contributed by atoms with Crippen LogP contribution in [0.5, 0.6) is 0 Å². The monoisotopic (exact) mass is 296 g/mol. The summed E-state index contributed by atoms with van der Waals surface area (Å²) in [7, 11) is 4.35. The maximum atomic E-state index is 3.82. The van der Waals surface area contributed by atoms with Crippen LogP contribution in [0.15, 0.2) is 17.5 Å². The molecule has 0 aliphatic heterocycles. The number of likely N-dealkylation sites (N-methyl/N-ethyl adjacent to an activating group) is 1. The van der Waals surface area contributed by atoms with Crippen LogP contribution in [0.1, 0.15) is 51.5 Å². The van der Waals surface area contributed by atoms with E-state index < -0.39 is 0 Å². The van der Waals surface area contributed by atoms with E-state index in [4.69, 9.17) is 0 Å². The van der Waals surface area contributed by atoms with Crippen LogP contribution in [0.4, 0.5) is 0 Å². The molecule has 0 spiro atoms. The highest BCUT2D eigenvalue weighted by Gasteiger charge is 2.18. The summed E-state index contributed by atoms with van der Waals surface area (Å²) in [6.45, 7) is 10.3. The predicted molar refractivity (Wildman–Crippen MR) is 91.4 cm³/mol. The second-order valence-corrected chi connectivity index (χ2v) is 7.84. The highest BCUT2D eigenvalue weighted by atomic mass is 32.1. The SMILES string of the molecule is CC(C)CC(CC(C)C)NCC(c1cccs1)N(C)C. The lowest BCUT2D eigenvalue weighted by atomic mass is 9.95. The minimum absolute atomic E-state index is 0.483. The Hall–Kier alpha value is -0.380. The van der Waals surface area contributed by atoms with E-state index in [9.17, 15) is 0 Å². The zero-order valence-electron chi connectivity index (χ0n) is 14.0. The van der Waals surface area contributed by atoms with Crippen LogP contribution in [0.25, 0.3) is 0 Å². The van der Waals surface area contributed by atoms with E-state index in [0.717, 1.165) is 18.4 Å². The molecule has 0 aromatic carbocycles. The van der Waals surface area contributed by atoms with Crippen molar-refractivity contribution in [2.24, 2.45) is 11.8 Å². The molecule has 1 aromatic heterocycles. The number of hydrogen-bond donors (Lipinski definition) is 1. The molecular formula is C17H32N2S. The average molecular weight is 297 g/mol. The van der Waals surface area contributed by atoms with Crippen molar-refractivity contribution in [3.05, 3.63) is 22.4 Å². The molecule has 0 bridgehead atoms. The van der Waals surface area contributed by atoms with Gasteiger partial charge >= 0.3 is 0 Å². The largest absolute Gasteiger partial charge is 0.312 e. The minimum Gasteiger partial charge on any atom is -0.312 e. The normalized spacial score (nSPS) is 13.9. The Morgan fingerprint density at radius 3 is 2.10 bits per heavy atom. The lowest BCUT2D eigenvalue weighted by molar-refractivity contribution is 0.266. The van der Waals surface area contributed by atoms with Gasteiger partial charge in [-0.25, -0.2) is 0 Å². The van der Waals surface area contributed by atoms with Crippen molar-refractivity contribution in [3.8, 4) is 0 Å². The Bertz CT molecular complexity index is 334. The van der Waals surface area contributed by atoms with Crippen LogP contribution < -0.4 is 5.32 Å². The van der Waals surface area contributed by atoms with Gasteiger partial charge in [0, 0.05) is 17.5 Å². The first-order valence-corrected chi connectivity index (χ1v) is 8.71. The fraction of sp³-hybridized carbons (Fsp3) is 0.765. The average Bonchev–Trinajstić information content (AvgIpc) is 2.80. The van der Waals surface area contributed by atoms with Gasteiger partial charge in [-0.1, -0.05) is 33.8 Å². The zero-order chi connectivity index (χ0) is 15.1. The molecule has 0 aliphatic carbocycles. The van der Waals surface area contributed by atoms with E-state index in [1.54, 1.807) is 0 Å². The van der Waals surface area contributed by atoms with Crippen molar-refractivity contribution in [3.63, 3.8) is 0 Å². The predicted octanol–water partition coefficient (Wildman–Crippen LogP) is 4.40. The second-order valence-electron chi connectivity index (χ2n) is 6.86. The standard InChI is InChI=1S/C17H32N2S/c1-13(2)10-15(11-14(3)4)18-12-16(19(5)6)17-8-7-9-20-17/h7-9,13-16,18H,10-12H2,1-6H3. The molecule has 1 heterocycles.